The van der Waals surface area contributed by atoms with E-state index in [1.165, 1.54) is 0 Å². The number of esters is 1. The van der Waals surface area contributed by atoms with Gasteiger partial charge in [-0.15, -0.1) is 0 Å². The van der Waals surface area contributed by atoms with Gasteiger partial charge >= 0.3 is 13.8 Å². The zero-order valence-electron chi connectivity index (χ0n) is 29.1. The summed E-state index contributed by atoms with van der Waals surface area (Å²) in [4.78, 5) is 12.7. The maximum atomic E-state index is 14.2. The highest BCUT2D eigenvalue weighted by molar-refractivity contribution is 7.49. The van der Waals surface area contributed by atoms with Crippen molar-refractivity contribution in [2.45, 2.75) is 157 Å². The van der Waals surface area contributed by atoms with Crippen molar-refractivity contribution in [2.24, 2.45) is 0 Å². The van der Waals surface area contributed by atoms with Crippen LogP contribution in [0.25, 0.3) is 0 Å². The number of benzene rings is 1. The maximum Gasteiger partial charge on any atom is 0.531 e. The van der Waals surface area contributed by atoms with Gasteiger partial charge in [0.05, 0.1) is 17.6 Å². The Morgan fingerprint density at radius 2 is 1.29 bits per heavy atom. The van der Waals surface area contributed by atoms with Crippen molar-refractivity contribution in [3.8, 4) is 5.75 Å². The molecule has 0 aliphatic rings. The fourth-order valence-corrected chi connectivity index (χ4v) is 7.05. The zero-order valence-corrected chi connectivity index (χ0v) is 31.0. The smallest absolute Gasteiger partial charge is 0.460 e. The lowest BCUT2D eigenvalue weighted by Crippen LogP contribution is -2.41. The number of phosphoric ester groups is 1. The van der Waals surface area contributed by atoms with E-state index in [4.69, 9.17) is 22.7 Å². The molecule has 1 aromatic carbocycles. The standard InChI is InChI=1S/C32H59O7PSi/c1-23-20-24(22-26(33)36-28(2,3)4)21-25(37-40(34,38-29(5,6)7)39-30(8,9)10)27(23)32(14,15)18-19-35-41(16,17)31(11,12)13/h20-21H,18-19,22H2,1-17H3. The molecule has 0 amide bonds. The van der Waals surface area contributed by atoms with Crippen LogP contribution >= 0.6 is 7.82 Å². The third-order valence-electron chi connectivity index (χ3n) is 6.78. The molecular weight excluding hydrogens is 555 g/mol. The fourth-order valence-electron chi connectivity index (χ4n) is 4.16. The number of phosphoric acid groups is 1. The van der Waals surface area contributed by atoms with Crippen molar-refractivity contribution in [3.63, 3.8) is 0 Å². The minimum Gasteiger partial charge on any atom is -0.460 e. The Kier molecular flexibility index (Phi) is 11.8. The Bertz CT molecular complexity index is 1080. The maximum absolute atomic E-state index is 14.2. The summed E-state index contributed by atoms with van der Waals surface area (Å²) in [6.07, 6.45) is 0.765. The second-order valence-corrected chi connectivity index (χ2v) is 22.5. The van der Waals surface area contributed by atoms with Crippen LogP contribution in [0.5, 0.6) is 5.75 Å². The van der Waals surface area contributed by atoms with Crippen molar-refractivity contribution in [3.05, 3.63) is 28.8 Å². The lowest BCUT2D eigenvalue weighted by molar-refractivity contribution is -0.153. The Morgan fingerprint density at radius 1 is 0.805 bits per heavy atom. The average Bonchev–Trinajstić information content (AvgIpc) is 2.60. The number of hydrogen-bond acceptors (Lipinski definition) is 7. The molecule has 0 unspecified atom stereocenters. The molecule has 0 fully saturated rings. The van der Waals surface area contributed by atoms with E-state index in [0.29, 0.717) is 24.3 Å². The lowest BCUT2D eigenvalue weighted by atomic mass is 9.78. The first-order valence-electron chi connectivity index (χ1n) is 14.7. The van der Waals surface area contributed by atoms with Crippen LogP contribution in [0, 0.1) is 6.92 Å². The van der Waals surface area contributed by atoms with Crippen LogP contribution < -0.4 is 4.52 Å². The Labute approximate surface area is 252 Å². The van der Waals surface area contributed by atoms with Crippen LogP contribution in [0.4, 0.5) is 0 Å². The third-order valence-corrected chi connectivity index (χ3v) is 13.3. The molecule has 238 valence electrons. The molecule has 9 heteroatoms. The molecule has 0 radical (unpaired) electrons. The van der Waals surface area contributed by atoms with Gasteiger partial charge in [0.25, 0.3) is 0 Å². The summed E-state index contributed by atoms with van der Waals surface area (Å²) in [5, 5.41) is 0.103. The second kappa shape index (κ2) is 12.8. The van der Waals surface area contributed by atoms with Crippen LogP contribution in [-0.4, -0.2) is 37.7 Å². The Morgan fingerprint density at radius 3 is 1.71 bits per heavy atom. The van der Waals surface area contributed by atoms with Crippen molar-refractivity contribution in [2.75, 3.05) is 6.61 Å². The van der Waals surface area contributed by atoms with Crippen LogP contribution in [0.15, 0.2) is 12.1 Å². The highest BCUT2D eigenvalue weighted by Gasteiger charge is 2.41. The number of hydrogen-bond donors (Lipinski definition) is 0. The molecule has 0 heterocycles. The van der Waals surface area contributed by atoms with E-state index in [9.17, 15) is 9.36 Å². The first kappa shape index (κ1) is 37.8. The van der Waals surface area contributed by atoms with E-state index in [1.807, 2.05) is 75.3 Å². The van der Waals surface area contributed by atoms with Crippen LogP contribution in [0.1, 0.15) is 120 Å². The number of ether oxygens (including phenoxy) is 1. The quantitative estimate of drug-likeness (QED) is 0.139. The molecule has 0 spiro atoms. The lowest BCUT2D eigenvalue weighted by Gasteiger charge is -2.38. The van der Waals surface area contributed by atoms with Gasteiger partial charge in [0, 0.05) is 12.2 Å². The summed E-state index contributed by atoms with van der Waals surface area (Å²) in [5.74, 6) is 0.0235. The minimum absolute atomic E-state index is 0.0498. The number of rotatable bonds is 11. The first-order valence-corrected chi connectivity index (χ1v) is 19.0. The van der Waals surface area contributed by atoms with Crippen molar-refractivity contribution >= 4 is 22.1 Å². The second-order valence-electron chi connectivity index (χ2n) is 16.2. The highest BCUT2D eigenvalue weighted by Crippen LogP contribution is 2.57. The van der Waals surface area contributed by atoms with Crippen LogP contribution in [0.2, 0.25) is 18.1 Å². The summed E-state index contributed by atoms with van der Waals surface area (Å²) < 4.78 is 44.5. The van der Waals surface area contributed by atoms with E-state index in [2.05, 4.69) is 47.7 Å². The molecule has 0 aromatic heterocycles. The predicted octanol–water partition coefficient (Wildman–Crippen LogP) is 9.69. The molecule has 0 saturated heterocycles. The Balaban J connectivity index is 3.64. The highest BCUT2D eigenvalue weighted by atomic mass is 31.2. The molecule has 0 N–H and O–H groups in total. The molecule has 1 rings (SSSR count). The van der Waals surface area contributed by atoms with Crippen LogP contribution in [0.3, 0.4) is 0 Å². The number of aryl methyl sites for hydroxylation is 1. The molecular formula is C32H59O7PSi. The van der Waals surface area contributed by atoms with Gasteiger partial charge in [-0.2, -0.15) is 0 Å². The van der Waals surface area contributed by atoms with Crippen molar-refractivity contribution in [1.82, 2.24) is 0 Å². The molecule has 0 atom stereocenters. The molecule has 1 aromatic rings. The monoisotopic (exact) mass is 614 g/mol. The SMILES string of the molecule is Cc1cc(CC(=O)OC(C)(C)C)cc(OP(=O)(OC(C)(C)C)OC(C)(C)C)c1C(C)(C)CCO[Si](C)(C)C(C)(C)C. The van der Waals surface area contributed by atoms with Gasteiger partial charge in [-0.1, -0.05) is 40.7 Å². The average molecular weight is 615 g/mol. The van der Waals surface area contributed by atoms with Gasteiger partial charge < -0.3 is 13.7 Å². The topological polar surface area (TPSA) is 80.3 Å². The normalized spacial score (nSPS) is 14.3. The summed E-state index contributed by atoms with van der Waals surface area (Å²) in [5.41, 5.74) is -0.125. The third kappa shape index (κ3) is 12.9. The van der Waals surface area contributed by atoms with Gasteiger partial charge in [-0.25, -0.2) is 4.57 Å². The molecule has 41 heavy (non-hydrogen) atoms. The molecule has 0 bridgehead atoms. The summed E-state index contributed by atoms with van der Waals surface area (Å²) in [6.45, 7) is 34.4. The molecule has 0 saturated carbocycles. The minimum atomic E-state index is -4.10. The van der Waals surface area contributed by atoms with E-state index < -0.39 is 38.4 Å². The summed E-state index contributed by atoms with van der Waals surface area (Å²) in [7, 11) is -6.04. The largest absolute Gasteiger partial charge is 0.531 e. The fraction of sp³-hybridized carbons (Fsp3) is 0.781. The van der Waals surface area contributed by atoms with Gasteiger partial charge in [-0.05, 0) is 116 Å². The number of carbonyl (C=O) groups excluding carboxylic acids is 1. The van der Waals surface area contributed by atoms with E-state index >= 15 is 0 Å². The zero-order chi connectivity index (χ0) is 32.5. The summed E-state index contributed by atoms with van der Waals surface area (Å²) in [6, 6.07) is 3.75. The molecule has 7 nitrogen and oxygen atoms in total. The van der Waals surface area contributed by atoms with E-state index in [-0.39, 0.29) is 17.4 Å². The number of carbonyl (C=O) groups is 1. The van der Waals surface area contributed by atoms with Crippen LogP contribution in [-0.2, 0) is 39.4 Å². The summed E-state index contributed by atoms with van der Waals surface area (Å²) >= 11 is 0. The van der Waals surface area contributed by atoms with E-state index in [1.54, 1.807) is 6.07 Å². The Hall–Kier alpha value is -1.18. The van der Waals surface area contributed by atoms with Gasteiger partial charge in [0.2, 0.25) is 0 Å². The van der Waals surface area contributed by atoms with Crippen molar-refractivity contribution < 1.29 is 32.1 Å². The first-order chi connectivity index (χ1) is 18.0. The predicted molar refractivity (Wildman–Crippen MR) is 171 cm³/mol. The van der Waals surface area contributed by atoms with E-state index in [0.717, 1.165) is 11.1 Å². The molecule has 0 aliphatic carbocycles. The van der Waals surface area contributed by atoms with Gasteiger partial charge in [-0.3, -0.25) is 13.8 Å². The van der Waals surface area contributed by atoms with Crippen molar-refractivity contribution in [1.29, 1.82) is 0 Å². The molecule has 0 aliphatic heterocycles. The van der Waals surface area contributed by atoms with Gasteiger partial charge in [0.1, 0.15) is 11.4 Å². The van der Waals surface area contributed by atoms with Gasteiger partial charge in [0.15, 0.2) is 8.32 Å².